The van der Waals surface area contributed by atoms with Gasteiger partial charge in [-0.15, -0.1) is 0 Å². The Labute approximate surface area is 102 Å². The van der Waals surface area contributed by atoms with Gasteiger partial charge in [-0.25, -0.2) is 9.86 Å². The van der Waals surface area contributed by atoms with Crippen LogP contribution in [0.4, 0.5) is 4.79 Å². The molecule has 0 aliphatic carbocycles. The van der Waals surface area contributed by atoms with Crippen molar-refractivity contribution in [2.75, 3.05) is 14.2 Å². The molecule has 0 aliphatic heterocycles. The van der Waals surface area contributed by atoms with Gasteiger partial charge < -0.3 is 10.1 Å². The molecule has 0 aromatic rings. The van der Waals surface area contributed by atoms with E-state index < -0.39 is 11.7 Å². The molecule has 0 radical (unpaired) electrons. The smallest absolute Gasteiger partial charge is 0.407 e. The van der Waals surface area contributed by atoms with Gasteiger partial charge in [0.1, 0.15) is 5.60 Å². The predicted octanol–water partition coefficient (Wildman–Crippen LogP) is 1.31. The third kappa shape index (κ3) is 7.57. The van der Waals surface area contributed by atoms with Gasteiger partial charge in [-0.3, -0.25) is 9.63 Å². The highest BCUT2D eigenvalue weighted by Crippen LogP contribution is 2.07. The molecule has 100 valence electrons. The Kier molecular flexibility index (Phi) is 5.95. The Morgan fingerprint density at radius 2 is 1.88 bits per heavy atom. The quantitative estimate of drug-likeness (QED) is 0.759. The summed E-state index contributed by atoms with van der Waals surface area (Å²) in [7, 11) is 2.92. The van der Waals surface area contributed by atoms with Gasteiger partial charge in [0, 0.05) is 19.5 Å². The molecule has 0 unspecified atom stereocenters. The van der Waals surface area contributed by atoms with Crippen molar-refractivity contribution in [3.63, 3.8) is 0 Å². The fourth-order valence-electron chi connectivity index (χ4n) is 1.05. The summed E-state index contributed by atoms with van der Waals surface area (Å²) in [6.45, 7) is 7.06. The minimum Gasteiger partial charge on any atom is -0.444 e. The van der Waals surface area contributed by atoms with Crippen LogP contribution >= 0.6 is 0 Å². The number of ether oxygens (including phenoxy) is 1. The minimum absolute atomic E-state index is 0.156. The van der Waals surface area contributed by atoms with Crippen LogP contribution in [-0.4, -0.2) is 42.9 Å². The van der Waals surface area contributed by atoms with Gasteiger partial charge >= 0.3 is 6.09 Å². The molecule has 0 aliphatic rings. The van der Waals surface area contributed by atoms with E-state index in [4.69, 9.17) is 9.57 Å². The van der Waals surface area contributed by atoms with Crippen molar-refractivity contribution in [1.29, 1.82) is 0 Å². The average Bonchev–Trinajstić information content (AvgIpc) is 2.12. The van der Waals surface area contributed by atoms with E-state index in [0.717, 1.165) is 5.06 Å². The Hall–Kier alpha value is -1.30. The van der Waals surface area contributed by atoms with Crippen molar-refractivity contribution in [1.82, 2.24) is 10.4 Å². The minimum atomic E-state index is -0.545. The van der Waals surface area contributed by atoms with Crippen LogP contribution in [0.25, 0.3) is 0 Å². The zero-order chi connectivity index (χ0) is 13.6. The van der Waals surface area contributed by atoms with Gasteiger partial charge in [0.2, 0.25) is 5.91 Å². The number of carbonyl (C=O) groups excluding carboxylic acids is 2. The second-order valence-corrected chi connectivity index (χ2v) is 4.83. The number of rotatable bonds is 4. The van der Waals surface area contributed by atoms with Crippen LogP contribution in [0.5, 0.6) is 0 Å². The molecule has 2 amide bonds. The number of nitrogens with one attached hydrogen (secondary N) is 1. The number of hydroxylamine groups is 2. The number of hydrogen-bond acceptors (Lipinski definition) is 4. The van der Waals surface area contributed by atoms with E-state index in [2.05, 4.69) is 5.32 Å². The first-order chi connectivity index (χ1) is 7.65. The molecular weight excluding hydrogens is 224 g/mol. The fourth-order valence-corrected chi connectivity index (χ4v) is 1.05. The fraction of sp³-hybridized carbons (Fsp3) is 0.818. The van der Waals surface area contributed by atoms with Crippen molar-refractivity contribution in [3.05, 3.63) is 0 Å². The molecule has 0 aromatic carbocycles. The van der Waals surface area contributed by atoms with Crippen molar-refractivity contribution < 1.29 is 19.2 Å². The van der Waals surface area contributed by atoms with E-state index in [0.29, 0.717) is 0 Å². The Morgan fingerprint density at radius 3 is 2.29 bits per heavy atom. The normalized spacial score (nSPS) is 12.8. The van der Waals surface area contributed by atoms with Gasteiger partial charge in [0.05, 0.1) is 7.11 Å². The van der Waals surface area contributed by atoms with Crippen molar-refractivity contribution in [3.8, 4) is 0 Å². The molecule has 0 saturated heterocycles. The molecule has 0 saturated carbocycles. The maximum atomic E-state index is 11.5. The van der Waals surface area contributed by atoms with Crippen LogP contribution in [0.2, 0.25) is 0 Å². The molecule has 0 rings (SSSR count). The monoisotopic (exact) mass is 246 g/mol. The van der Waals surface area contributed by atoms with E-state index in [9.17, 15) is 9.59 Å². The van der Waals surface area contributed by atoms with Gasteiger partial charge in [-0.2, -0.15) is 0 Å². The highest BCUT2D eigenvalue weighted by molar-refractivity contribution is 5.76. The van der Waals surface area contributed by atoms with E-state index in [1.807, 2.05) is 0 Å². The molecule has 0 aromatic heterocycles. The summed E-state index contributed by atoms with van der Waals surface area (Å²) in [5.41, 5.74) is -0.545. The number of hydrogen-bond donors (Lipinski definition) is 1. The summed E-state index contributed by atoms with van der Waals surface area (Å²) in [4.78, 5) is 27.6. The van der Waals surface area contributed by atoms with Crippen molar-refractivity contribution >= 4 is 12.0 Å². The molecule has 0 fully saturated rings. The summed E-state index contributed by atoms with van der Waals surface area (Å²) in [6.07, 6.45) is -0.373. The van der Waals surface area contributed by atoms with Crippen molar-refractivity contribution in [2.45, 2.75) is 45.8 Å². The van der Waals surface area contributed by atoms with Gasteiger partial charge in [0.15, 0.2) is 0 Å². The van der Waals surface area contributed by atoms with Crippen LogP contribution in [-0.2, 0) is 14.4 Å². The maximum Gasteiger partial charge on any atom is 0.407 e. The lowest BCUT2D eigenvalue weighted by Gasteiger charge is -2.22. The lowest BCUT2D eigenvalue weighted by atomic mass is 10.2. The summed E-state index contributed by atoms with van der Waals surface area (Å²) in [5, 5.41) is 3.70. The van der Waals surface area contributed by atoms with Crippen LogP contribution in [0.1, 0.15) is 34.1 Å². The highest BCUT2D eigenvalue weighted by atomic mass is 16.7. The summed E-state index contributed by atoms with van der Waals surface area (Å²) >= 11 is 0. The molecule has 17 heavy (non-hydrogen) atoms. The first-order valence-electron chi connectivity index (χ1n) is 5.46. The Bertz CT molecular complexity index is 273. The van der Waals surface area contributed by atoms with Crippen LogP contribution in [0.15, 0.2) is 0 Å². The molecule has 0 bridgehead atoms. The lowest BCUT2D eigenvalue weighted by molar-refractivity contribution is -0.169. The second-order valence-electron chi connectivity index (χ2n) is 4.83. The number of alkyl carbamates (subject to hydrolysis) is 1. The highest BCUT2D eigenvalue weighted by Gasteiger charge is 2.19. The molecule has 0 spiro atoms. The Morgan fingerprint density at radius 1 is 1.35 bits per heavy atom. The SMILES string of the molecule is CON(C)C(=O)C[C@H](C)NC(=O)OC(C)(C)C. The molecule has 6 nitrogen and oxygen atoms in total. The zero-order valence-corrected chi connectivity index (χ0v) is 11.4. The second kappa shape index (κ2) is 6.44. The van der Waals surface area contributed by atoms with Gasteiger partial charge in [0.25, 0.3) is 0 Å². The number of carbonyl (C=O) groups is 2. The van der Waals surface area contributed by atoms with Crippen LogP contribution in [0.3, 0.4) is 0 Å². The topological polar surface area (TPSA) is 67.9 Å². The zero-order valence-electron chi connectivity index (χ0n) is 11.4. The molecular formula is C11H22N2O4. The third-order valence-electron chi connectivity index (χ3n) is 1.87. The first-order valence-corrected chi connectivity index (χ1v) is 5.46. The largest absolute Gasteiger partial charge is 0.444 e. The molecule has 6 heteroatoms. The first kappa shape index (κ1) is 15.7. The van der Waals surface area contributed by atoms with Crippen LogP contribution in [0, 0.1) is 0 Å². The standard InChI is InChI=1S/C11H22N2O4/c1-8(7-9(14)13(5)16-6)12-10(15)17-11(2,3)4/h8H,7H2,1-6H3,(H,12,15)/t8-/m0/s1. The van der Waals surface area contributed by atoms with Gasteiger partial charge in [-0.05, 0) is 27.7 Å². The summed E-state index contributed by atoms with van der Waals surface area (Å²) in [6, 6.07) is -0.310. The summed E-state index contributed by atoms with van der Waals surface area (Å²) in [5.74, 6) is -0.212. The molecule has 1 atom stereocenters. The Balaban J connectivity index is 4.06. The van der Waals surface area contributed by atoms with E-state index >= 15 is 0 Å². The molecule has 1 N–H and O–H groups in total. The van der Waals surface area contributed by atoms with Crippen molar-refractivity contribution in [2.24, 2.45) is 0 Å². The average molecular weight is 246 g/mol. The maximum absolute atomic E-state index is 11.5. The summed E-state index contributed by atoms with van der Waals surface area (Å²) < 4.78 is 5.07. The van der Waals surface area contributed by atoms with E-state index in [1.165, 1.54) is 14.2 Å². The van der Waals surface area contributed by atoms with E-state index in [-0.39, 0.29) is 18.4 Å². The van der Waals surface area contributed by atoms with E-state index in [1.54, 1.807) is 27.7 Å². The third-order valence-corrected chi connectivity index (χ3v) is 1.87. The van der Waals surface area contributed by atoms with Gasteiger partial charge in [-0.1, -0.05) is 0 Å². The molecule has 0 heterocycles. The number of amides is 2. The lowest BCUT2D eigenvalue weighted by Crippen LogP contribution is -2.40. The predicted molar refractivity (Wildman–Crippen MR) is 63.2 cm³/mol. The van der Waals surface area contributed by atoms with Crippen LogP contribution < -0.4 is 5.32 Å². The number of nitrogens with zero attached hydrogens (tertiary/aromatic N) is 1.